The van der Waals surface area contributed by atoms with Crippen molar-refractivity contribution < 1.29 is 14.3 Å². The Morgan fingerprint density at radius 3 is 2.80 bits per heavy atom. The van der Waals surface area contributed by atoms with Gasteiger partial charge < -0.3 is 9.64 Å². The van der Waals surface area contributed by atoms with Gasteiger partial charge in [-0.2, -0.15) is 0 Å². The number of ether oxygens (including phenoxy) is 1. The Labute approximate surface area is 118 Å². The molecule has 5 heteroatoms. The molecule has 5 nitrogen and oxygen atoms in total. The van der Waals surface area contributed by atoms with E-state index in [9.17, 15) is 9.59 Å². The lowest BCUT2D eigenvalue weighted by Gasteiger charge is -2.32. The van der Waals surface area contributed by atoms with Crippen LogP contribution in [-0.2, 0) is 22.5 Å². The maximum atomic E-state index is 12.3. The number of amides is 2. The van der Waals surface area contributed by atoms with Gasteiger partial charge in [-0.3, -0.25) is 9.69 Å². The van der Waals surface area contributed by atoms with Crippen LogP contribution in [0.5, 0.6) is 0 Å². The van der Waals surface area contributed by atoms with Crippen LogP contribution in [0.2, 0.25) is 0 Å². The van der Waals surface area contributed by atoms with Crippen molar-refractivity contribution in [3.8, 4) is 0 Å². The standard InChI is InChI=1S/C15H18N2O3/c18-14(11-17-7-3-9-20-15(17)19)16-8-6-12-4-1-2-5-13(12)10-16/h1-2,4-5H,3,6-11H2. The van der Waals surface area contributed by atoms with Gasteiger partial charge in [-0.05, 0) is 24.0 Å². The minimum atomic E-state index is -0.373. The SMILES string of the molecule is O=C(CN1CCCOC1=O)N1CCc2ccccc2C1. The summed E-state index contributed by atoms with van der Waals surface area (Å²) in [5.74, 6) is -0.00152. The molecule has 2 aliphatic heterocycles. The first-order chi connectivity index (χ1) is 9.74. The van der Waals surface area contributed by atoms with Gasteiger partial charge in [0.2, 0.25) is 5.91 Å². The summed E-state index contributed by atoms with van der Waals surface area (Å²) in [5.41, 5.74) is 2.52. The monoisotopic (exact) mass is 274 g/mol. The zero-order chi connectivity index (χ0) is 13.9. The van der Waals surface area contributed by atoms with Crippen LogP contribution in [0.25, 0.3) is 0 Å². The molecule has 1 saturated heterocycles. The largest absolute Gasteiger partial charge is 0.449 e. The molecule has 0 bridgehead atoms. The molecule has 0 atom stereocenters. The highest BCUT2D eigenvalue weighted by molar-refractivity contribution is 5.82. The van der Waals surface area contributed by atoms with Gasteiger partial charge in [0.1, 0.15) is 6.54 Å². The van der Waals surface area contributed by atoms with E-state index in [1.165, 1.54) is 16.0 Å². The summed E-state index contributed by atoms with van der Waals surface area (Å²) in [6, 6.07) is 8.19. The van der Waals surface area contributed by atoms with Crippen LogP contribution in [-0.4, -0.2) is 48.0 Å². The first kappa shape index (κ1) is 13.0. The van der Waals surface area contributed by atoms with E-state index in [1.807, 2.05) is 17.0 Å². The molecule has 0 spiro atoms. The molecule has 0 aliphatic carbocycles. The van der Waals surface area contributed by atoms with Gasteiger partial charge in [0.05, 0.1) is 6.61 Å². The van der Waals surface area contributed by atoms with Gasteiger partial charge in [0, 0.05) is 19.6 Å². The summed E-state index contributed by atoms with van der Waals surface area (Å²) in [7, 11) is 0. The van der Waals surface area contributed by atoms with E-state index >= 15 is 0 Å². The fourth-order valence-corrected chi connectivity index (χ4v) is 2.71. The van der Waals surface area contributed by atoms with Crippen molar-refractivity contribution in [3.63, 3.8) is 0 Å². The number of rotatable bonds is 2. The predicted molar refractivity (Wildman–Crippen MR) is 73.1 cm³/mol. The highest BCUT2D eigenvalue weighted by Gasteiger charge is 2.26. The van der Waals surface area contributed by atoms with Crippen LogP contribution < -0.4 is 0 Å². The maximum absolute atomic E-state index is 12.3. The van der Waals surface area contributed by atoms with Crippen LogP contribution in [0, 0.1) is 0 Å². The van der Waals surface area contributed by atoms with Crippen LogP contribution in [0.1, 0.15) is 17.5 Å². The lowest BCUT2D eigenvalue weighted by molar-refractivity contribution is -0.133. The van der Waals surface area contributed by atoms with E-state index in [1.54, 1.807) is 0 Å². The predicted octanol–water partition coefficient (Wildman–Crippen LogP) is 1.41. The molecule has 1 fully saturated rings. The highest BCUT2D eigenvalue weighted by atomic mass is 16.6. The Morgan fingerprint density at radius 1 is 1.20 bits per heavy atom. The van der Waals surface area contributed by atoms with E-state index in [0.29, 0.717) is 19.7 Å². The van der Waals surface area contributed by atoms with Gasteiger partial charge in [0.15, 0.2) is 0 Å². The summed E-state index contributed by atoms with van der Waals surface area (Å²) in [5, 5.41) is 0. The average molecular weight is 274 g/mol. The molecule has 0 unspecified atom stereocenters. The van der Waals surface area contributed by atoms with Crippen molar-refractivity contribution in [3.05, 3.63) is 35.4 Å². The number of carbonyl (C=O) groups excluding carboxylic acids is 2. The Morgan fingerprint density at radius 2 is 2.00 bits per heavy atom. The Balaban J connectivity index is 1.63. The topological polar surface area (TPSA) is 49.9 Å². The number of hydrogen-bond acceptors (Lipinski definition) is 3. The first-order valence-electron chi connectivity index (χ1n) is 7.00. The molecule has 2 heterocycles. The van der Waals surface area contributed by atoms with E-state index < -0.39 is 0 Å². The second kappa shape index (κ2) is 5.53. The van der Waals surface area contributed by atoms with Gasteiger partial charge >= 0.3 is 6.09 Å². The summed E-state index contributed by atoms with van der Waals surface area (Å²) < 4.78 is 4.95. The molecular formula is C15H18N2O3. The lowest BCUT2D eigenvalue weighted by atomic mass is 10.00. The van der Waals surface area contributed by atoms with Gasteiger partial charge in [-0.1, -0.05) is 24.3 Å². The van der Waals surface area contributed by atoms with Gasteiger partial charge in [-0.25, -0.2) is 4.79 Å². The Kier molecular flexibility index (Phi) is 3.58. The van der Waals surface area contributed by atoms with Crippen molar-refractivity contribution >= 4 is 12.0 Å². The lowest BCUT2D eigenvalue weighted by Crippen LogP contribution is -2.46. The normalized spacial score (nSPS) is 18.5. The Bertz CT molecular complexity index is 530. The molecule has 1 aromatic rings. The third-order valence-corrected chi connectivity index (χ3v) is 3.87. The molecule has 1 aromatic carbocycles. The number of benzene rings is 1. The van der Waals surface area contributed by atoms with Crippen molar-refractivity contribution in [2.75, 3.05) is 26.2 Å². The average Bonchev–Trinajstić information content (AvgIpc) is 2.49. The zero-order valence-corrected chi connectivity index (χ0v) is 11.4. The number of nitrogens with zero attached hydrogens (tertiary/aromatic N) is 2. The fourth-order valence-electron chi connectivity index (χ4n) is 2.71. The van der Waals surface area contributed by atoms with E-state index in [4.69, 9.17) is 4.74 Å². The minimum Gasteiger partial charge on any atom is -0.449 e. The van der Waals surface area contributed by atoms with Gasteiger partial charge in [-0.15, -0.1) is 0 Å². The number of hydrogen-bond donors (Lipinski definition) is 0. The van der Waals surface area contributed by atoms with Crippen LogP contribution >= 0.6 is 0 Å². The van der Waals surface area contributed by atoms with E-state index in [0.717, 1.165) is 19.4 Å². The second-order valence-electron chi connectivity index (χ2n) is 5.22. The molecule has 0 aromatic heterocycles. The molecule has 106 valence electrons. The summed E-state index contributed by atoms with van der Waals surface area (Å²) in [6.45, 7) is 2.55. The number of cyclic esters (lactones) is 1. The van der Waals surface area contributed by atoms with E-state index in [2.05, 4.69) is 12.1 Å². The van der Waals surface area contributed by atoms with Crippen molar-refractivity contribution in [2.45, 2.75) is 19.4 Å². The van der Waals surface area contributed by atoms with E-state index in [-0.39, 0.29) is 18.5 Å². The molecule has 3 rings (SSSR count). The smallest absolute Gasteiger partial charge is 0.410 e. The minimum absolute atomic E-state index is 0.00152. The summed E-state index contributed by atoms with van der Waals surface area (Å²) in [4.78, 5) is 27.2. The van der Waals surface area contributed by atoms with Crippen LogP contribution in [0.15, 0.2) is 24.3 Å². The molecule has 0 saturated carbocycles. The second-order valence-corrected chi connectivity index (χ2v) is 5.22. The third-order valence-electron chi connectivity index (χ3n) is 3.87. The number of fused-ring (bicyclic) bond motifs is 1. The molecule has 0 radical (unpaired) electrons. The summed E-state index contributed by atoms with van der Waals surface area (Å²) in [6.07, 6.45) is 1.30. The fraction of sp³-hybridized carbons (Fsp3) is 0.467. The quantitative estimate of drug-likeness (QED) is 0.819. The van der Waals surface area contributed by atoms with Crippen LogP contribution in [0.3, 0.4) is 0 Å². The third kappa shape index (κ3) is 2.61. The zero-order valence-electron chi connectivity index (χ0n) is 11.4. The van der Waals surface area contributed by atoms with Crippen LogP contribution in [0.4, 0.5) is 4.79 Å². The highest BCUT2D eigenvalue weighted by Crippen LogP contribution is 2.18. The first-order valence-corrected chi connectivity index (χ1v) is 7.00. The number of carbonyl (C=O) groups is 2. The molecule has 20 heavy (non-hydrogen) atoms. The molecule has 2 amide bonds. The maximum Gasteiger partial charge on any atom is 0.410 e. The Hall–Kier alpha value is -2.04. The van der Waals surface area contributed by atoms with Crippen molar-refractivity contribution in [1.29, 1.82) is 0 Å². The van der Waals surface area contributed by atoms with Gasteiger partial charge in [0.25, 0.3) is 0 Å². The molecule has 0 N–H and O–H groups in total. The molecule has 2 aliphatic rings. The molecular weight excluding hydrogens is 256 g/mol. The van der Waals surface area contributed by atoms with Crippen molar-refractivity contribution in [2.24, 2.45) is 0 Å². The van der Waals surface area contributed by atoms with Crippen molar-refractivity contribution in [1.82, 2.24) is 9.80 Å². The summed E-state index contributed by atoms with van der Waals surface area (Å²) >= 11 is 0.